The molecular formula is C16H14O. The van der Waals surface area contributed by atoms with Crippen LogP contribution >= 0.6 is 0 Å². The van der Waals surface area contributed by atoms with E-state index in [0.29, 0.717) is 0 Å². The highest BCUT2D eigenvalue weighted by Gasteiger charge is 2.18. The second-order valence-corrected chi connectivity index (χ2v) is 4.43. The molecule has 0 saturated carbocycles. The molecular weight excluding hydrogens is 208 g/mol. The van der Waals surface area contributed by atoms with Gasteiger partial charge >= 0.3 is 0 Å². The van der Waals surface area contributed by atoms with Crippen LogP contribution < -0.4 is 0 Å². The second kappa shape index (κ2) is 3.86. The molecule has 1 aliphatic rings. The molecule has 1 atom stereocenters. The van der Waals surface area contributed by atoms with Crippen LogP contribution in [-0.2, 0) is 6.42 Å². The van der Waals surface area contributed by atoms with Crippen LogP contribution in [0.1, 0.15) is 22.8 Å². The highest BCUT2D eigenvalue weighted by atomic mass is 16.3. The van der Waals surface area contributed by atoms with E-state index in [4.69, 9.17) is 0 Å². The fourth-order valence-corrected chi connectivity index (χ4v) is 2.49. The molecule has 0 heterocycles. The third-order valence-corrected chi connectivity index (χ3v) is 3.38. The molecule has 17 heavy (non-hydrogen) atoms. The van der Waals surface area contributed by atoms with Gasteiger partial charge in [-0.2, -0.15) is 0 Å². The van der Waals surface area contributed by atoms with E-state index in [1.165, 1.54) is 22.3 Å². The van der Waals surface area contributed by atoms with Gasteiger partial charge in [-0.25, -0.2) is 0 Å². The molecule has 0 bridgehead atoms. The van der Waals surface area contributed by atoms with Crippen LogP contribution in [0.5, 0.6) is 0 Å². The third-order valence-electron chi connectivity index (χ3n) is 3.38. The predicted octanol–water partition coefficient (Wildman–Crippen LogP) is 3.48. The zero-order chi connectivity index (χ0) is 11.8. The lowest BCUT2D eigenvalue weighted by molar-refractivity contribution is 0.229. The monoisotopic (exact) mass is 222 g/mol. The first-order valence-corrected chi connectivity index (χ1v) is 5.81. The molecule has 1 heteroatoms. The first-order chi connectivity index (χ1) is 8.29. The quantitative estimate of drug-likeness (QED) is 0.658. The van der Waals surface area contributed by atoms with Gasteiger partial charge < -0.3 is 5.11 Å². The fraction of sp³-hybridized carbons (Fsp3) is 0.125. The largest absolute Gasteiger partial charge is 0.384 e. The Hall–Kier alpha value is -1.86. The Labute approximate surface area is 101 Å². The van der Waals surface area contributed by atoms with E-state index in [9.17, 15) is 5.11 Å². The average Bonchev–Trinajstić information content (AvgIpc) is 2.75. The molecule has 0 unspecified atom stereocenters. The Kier molecular flexibility index (Phi) is 2.34. The molecule has 0 fully saturated rings. The maximum atomic E-state index is 9.76. The Morgan fingerprint density at radius 3 is 2.65 bits per heavy atom. The average molecular weight is 222 g/mol. The van der Waals surface area contributed by atoms with Crippen molar-refractivity contribution in [3.8, 4) is 11.1 Å². The summed E-state index contributed by atoms with van der Waals surface area (Å²) < 4.78 is 0. The highest BCUT2D eigenvalue weighted by Crippen LogP contribution is 2.37. The van der Waals surface area contributed by atoms with Gasteiger partial charge in [0.25, 0.3) is 0 Å². The number of benzene rings is 2. The minimum atomic E-state index is -0.566. The number of aliphatic hydroxyl groups is 1. The van der Waals surface area contributed by atoms with Crippen LogP contribution in [0.2, 0.25) is 0 Å². The van der Waals surface area contributed by atoms with Crippen molar-refractivity contribution in [2.75, 3.05) is 0 Å². The van der Waals surface area contributed by atoms with Gasteiger partial charge in [-0.15, -0.1) is 6.58 Å². The van der Waals surface area contributed by atoms with Crippen molar-refractivity contribution in [1.29, 1.82) is 0 Å². The zero-order valence-corrected chi connectivity index (χ0v) is 9.56. The molecule has 84 valence electrons. The van der Waals surface area contributed by atoms with E-state index in [1.54, 1.807) is 6.08 Å². The molecule has 0 saturated heterocycles. The zero-order valence-electron chi connectivity index (χ0n) is 9.56. The summed E-state index contributed by atoms with van der Waals surface area (Å²) in [5.41, 5.74) is 6.20. The van der Waals surface area contributed by atoms with Crippen molar-refractivity contribution in [2.24, 2.45) is 0 Å². The van der Waals surface area contributed by atoms with E-state index in [-0.39, 0.29) is 0 Å². The van der Waals surface area contributed by atoms with Gasteiger partial charge in [0.15, 0.2) is 0 Å². The van der Waals surface area contributed by atoms with Gasteiger partial charge in [0.1, 0.15) is 0 Å². The van der Waals surface area contributed by atoms with Crippen molar-refractivity contribution in [2.45, 2.75) is 12.5 Å². The van der Waals surface area contributed by atoms with Crippen LogP contribution in [0, 0.1) is 0 Å². The minimum Gasteiger partial charge on any atom is -0.384 e. The van der Waals surface area contributed by atoms with E-state index in [0.717, 1.165) is 12.0 Å². The van der Waals surface area contributed by atoms with Crippen molar-refractivity contribution in [1.82, 2.24) is 0 Å². The molecule has 3 rings (SSSR count). The van der Waals surface area contributed by atoms with Crippen molar-refractivity contribution in [3.63, 3.8) is 0 Å². The normalized spacial score (nSPS) is 13.9. The van der Waals surface area contributed by atoms with E-state index < -0.39 is 6.10 Å². The smallest absolute Gasteiger partial charge is 0.0969 e. The van der Waals surface area contributed by atoms with Crippen LogP contribution in [0.15, 0.2) is 55.1 Å². The number of hydrogen-bond donors (Lipinski definition) is 1. The Morgan fingerprint density at radius 1 is 1.06 bits per heavy atom. The predicted molar refractivity (Wildman–Crippen MR) is 69.8 cm³/mol. The first-order valence-electron chi connectivity index (χ1n) is 5.81. The fourth-order valence-electron chi connectivity index (χ4n) is 2.49. The van der Waals surface area contributed by atoms with E-state index in [1.807, 2.05) is 6.07 Å². The molecule has 0 amide bonds. The number of aliphatic hydroxyl groups excluding tert-OH is 1. The van der Waals surface area contributed by atoms with E-state index >= 15 is 0 Å². The molecule has 2 aromatic rings. The van der Waals surface area contributed by atoms with Gasteiger partial charge in [-0.1, -0.05) is 48.5 Å². The van der Waals surface area contributed by atoms with E-state index in [2.05, 4.69) is 43.0 Å². The minimum absolute atomic E-state index is 0.566. The first kappa shape index (κ1) is 10.3. The summed E-state index contributed by atoms with van der Waals surface area (Å²) in [6, 6.07) is 14.6. The van der Waals surface area contributed by atoms with Crippen LogP contribution in [0.25, 0.3) is 11.1 Å². The summed E-state index contributed by atoms with van der Waals surface area (Å²) in [5, 5.41) is 9.76. The molecule has 1 nitrogen and oxygen atoms in total. The molecule has 2 aromatic carbocycles. The molecule has 0 radical (unpaired) electrons. The summed E-state index contributed by atoms with van der Waals surface area (Å²) in [5.74, 6) is 0. The van der Waals surface area contributed by atoms with Crippen LogP contribution in [-0.4, -0.2) is 5.11 Å². The summed E-state index contributed by atoms with van der Waals surface area (Å²) in [4.78, 5) is 0. The SMILES string of the molecule is C=C[C@@H](O)c1ccc2c(c1)Cc1ccccc1-2. The lowest BCUT2D eigenvalue weighted by Gasteiger charge is -2.08. The molecule has 0 aromatic heterocycles. The summed E-state index contributed by atoms with van der Waals surface area (Å²) in [7, 11) is 0. The van der Waals surface area contributed by atoms with Gasteiger partial charge in [0.05, 0.1) is 6.10 Å². The summed E-state index contributed by atoms with van der Waals surface area (Å²) in [6.45, 7) is 3.62. The van der Waals surface area contributed by atoms with Crippen molar-refractivity contribution < 1.29 is 5.11 Å². The third kappa shape index (κ3) is 1.60. The maximum absolute atomic E-state index is 9.76. The van der Waals surface area contributed by atoms with Crippen molar-refractivity contribution >= 4 is 0 Å². The highest BCUT2D eigenvalue weighted by molar-refractivity contribution is 5.77. The number of rotatable bonds is 2. The molecule has 0 aliphatic heterocycles. The lowest BCUT2D eigenvalue weighted by atomic mass is 10.0. The number of hydrogen-bond acceptors (Lipinski definition) is 1. The Morgan fingerprint density at radius 2 is 1.82 bits per heavy atom. The summed E-state index contributed by atoms with van der Waals surface area (Å²) in [6.07, 6.45) is 1.96. The van der Waals surface area contributed by atoms with Crippen LogP contribution in [0.4, 0.5) is 0 Å². The Bertz CT molecular complexity index is 584. The van der Waals surface area contributed by atoms with Gasteiger partial charge in [0, 0.05) is 0 Å². The summed E-state index contributed by atoms with van der Waals surface area (Å²) >= 11 is 0. The standard InChI is InChI=1S/C16H14O/c1-2-16(17)12-7-8-15-13(10-12)9-11-5-3-4-6-14(11)15/h2-8,10,16-17H,1,9H2/t16-/m1/s1. The molecule has 1 aliphatic carbocycles. The topological polar surface area (TPSA) is 20.2 Å². The maximum Gasteiger partial charge on any atom is 0.0969 e. The number of fused-ring (bicyclic) bond motifs is 3. The van der Waals surface area contributed by atoms with Gasteiger partial charge in [-0.05, 0) is 34.2 Å². The Balaban J connectivity index is 2.10. The van der Waals surface area contributed by atoms with Crippen LogP contribution in [0.3, 0.4) is 0 Å². The van der Waals surface area contributed by atoms with Crippen molar-refractivity contribution in [3.05, 3.63) is 71.8 Å². The van der Waals surface area contributed by atoms with Gasteiger partial charge in [-0.3, -0.25) is 0 Å². The molecule has 0 spiro atoms. The van der Waals surface area contributed by atoms with Gasteiger partial charge in [0.2, 0.25) is 0 Å². The molecule has 1 N–H and O–H groups in total. The second-order valence-electron chi connectivity index (χ2n) is 4.43. The lowest BCUT2D eigenvalue weighted by Crippen LogP contribution is -1.93.